The average Bonchev–Trinajstić information content (AvgIpc) is 2.85. The fourth-order valence-electron chi connectivity index (χ4n) is 3.52. The molecule has 10 heteroatoms. The number of benzene rings is 3. The number of nitrogens with zero attached hydrogens (tertiary/aromatic N) is 1. The van der Waals surface area contributed by atoms with E-state index >= 15 is 0 Å². The minimum atomic E-state index is -1.03. The summed E-state index contributed by atoms with van der Waals surface area (Å²) >= 11 is 11.3. The Morgan fingerprint density at radius 3 is 2.58 bits per heavy atom. The van der Waals surface area contributed by atoms with Crippen molar-refractivity contribution in [2.75, 3.05) is 12.0 Å². The molecular weight excluding hydrogens is 504 g/mol. The Hall–Kier alpha value is -4.21. The number of carboxylic acid groups (broad SMARTS) is 1. The molecule has 0 radical (unpaired) electrons. The van der Waals surface area contributed by atoms with Gasteiger partial charge in [-0.15, -0.1) is 0 Å². The van der Waals surface area contributed by atoms with Crippen LogP contribution in [0.3, 0.4) is 0 Å². The second kappa shape index (κ2) is 10.6. The Balaban J connectivity index is 1.58. The van der Waals surface area contributed by atoms with Crippen LogP contribution in [0.1, 0.15) is 21.5 Å². The van der Waals surface area contributed by atoms with Crippen molar-refractivity contribution in [2.45, 2.75) is 6.61 Å². The molecule has 0 bridgehead atoms. The quantitative estimate of drug-likeness (QED) is 0.268. The molecule has 36 heavy (non-hydrogen) atoms. The molecule has 2 amide bonds. The van der Waals surface area contributed by atoms with E-state index in [0.717, 1.165) is 0 Å². The Labute approximate surface area is 216 Å². The molecular formula is C26H19ClN2O6S. The number of halogens is 1. The van der Waals surface area contributed by atoms with Gasteiger partial charge in [0, 0.05) is 5.02 Å². The van der Waals surface area contributed by atoms with Crippen molar-refractivity contribution in [3.63, 3.8) is 0 Å². The molecule has 0 unspecified atom stereocenters. The standard InChI is InChI=1S/C26H19ClN2O6S/c1-34-22-12-15(8-9-21(22)35-14-16-4-2-5-17(10-16)25(32)33)11-20-23(30)28-26(36)29(24(20)31)19-7-3-6-18(27)13-19/h2-13H,14H2,1H3,(H,32,33)(H,28,30,36)/b20-11+. The van der Waals surface area contributed by atoms with Gasteiger partial charge in [-0.05, 0) is 71.9 Å². The summed E-state index contributed by atoms with van der Waals surface area (Å²) in [4.78, 5) is 38.1. The molecule has 4 rings (SSSR count). The molecule has 3 aromatic rings. The number of anilines is 1. The fourth-order valence-corrected chi connectivity index (χ4v) is 3.99. The number of nitrogens with one attached hydrogen (secondary N) is 1. The molecule has 0 aliphatic carbocycles. The van der Waals surface area contributed by atoms with E-state index in [1.165, 1.54) is 30.2 Å². The van der Waals surface area contributed by atoms with Crippen LogP contribution in [0, 0.1) is 0 Å². The van der Waals surface area contributed by atoms with Gasteiger partial charge in [0.2, 0.25) is 0 Å². The number of hydrogen-bond acceptors (Lipinski definition) is 6. The number of aromatic carboxylic acids is 1. The molecule has 3 aromatic carbocycles. The first-order chi connectivity index (χ1) is 17.3. The molecule has 1 saturated heterocycles. The molecule has 0 aromatic heterocycles. The lowest BCUT2D eigenvalue weighted by molar-refractivity contribution is -0.122. The van der Waals surface area contributed by atoms with E-state index in [-0.39, 0.29) is 22.9 Å². The van der Waals surface area contributed by atoms with Crippen molar-refractivity contribution >= 4 is 58.5 Å². The maximum Gasteiger partial charge on any atom is 0.335 e. The highest BCUT2D eigenvalue weighted by molar-refractivity contribution is 7.80. The molecule has 1 heterocycles. The fraction of sp³-hybridized carbons (Fsp3) is 0.0769. The van der Waals surface area contributed by atoms with E-state index in [1.807, 2.05) is 0 Å². The van der Waals surface area contributed by atoms with Crippen LogP contribution in [0.2, 0.25) is 5.02 Å². The number of carboxylic acids is 1. The van der Waals surface area contributed by atoms with Gasteiger partial charge in [-0.1, -0.05) is 35.9 Å². The third-order valence-electron chi connectivity index (χ3n) is 5.24. The monoisotopic (exact) mass is 522 g/mol. The number of ether oxygens (including phenoxy) is 2. The van der Waals surface area contributed by atoms with Gasteiger partial charge >= 0.3 is 5.97 Å². The van der Waals surface area contributed by atoms with Gasteiger partial charge in [-0.2, -0.15) is 0 Å². The number of amides is 2. The molecule has 0 saturated carbocycles. The number of hydrogen-bond donors (Lipinski definition) is 2. The van der Waals surface area contributed by atoms with Gasteiger partial charge in [0.05, 0.1) is 18.4 Å². The Morgan fingerprint density at radius 2 is 1.86 bits per heavy atom. The topological polar surface area (TPSA) is 105 Å². The molecule has 1 aliphatic heterocycles. The summed E-state index contributed by atoms with van der Waals surface area (Å²) in [6.45, 7) is 0.116. The Kier molecular flexibility index (Phi) is 7.33. The highest BCUT2D eigenvalue weighted by atomic mass is 35.5. The van der Waals surface area contributed by atoms with Gasteiger partial charge < -0.3 is 14.6 Å². The zero-order valence-corrected chi connectivity index (χ0v) is 20.4. The number of rotatable bonds is 7. The maximum atomic E-state index is 13.2. The highest BCUT2D eigenvalue weighted by Gasteiger charge is 2.34. The van der Waals surface area contributed by atoms with E-state index in [9.17, 15) is 14.4 Å². The first-order valence-electron chi connectivity index (χ1n) is 10.6. The second-order valence-corrected chi connectivity index (χ2v) is 8.47. The first-order valence-corrected chi connectivity index (χ1v) is 11.4. The van der Waals surface area contributed by atoms with Gasteiger partial charge in [0.15, 0.2) is 16.6 Å². The predicted molar refractivity (Wildman–Crippen MR) is 138 cm³/mol. The molecule has 0 spiro atoms. The number of thiocarbonyl (C=S) groups is 1. The number of carbonyl (C=O) groups excluding carboxylic acids is 2. The van der Waals surface area contributed by atoms with E-state index < -0.39 is 17.8 Å². The second-order valence-electron chi connectivity index (χ2n) is 7.64. The Morgan fingerprint density at radius 1 is 1.08 bits per heavy atom. The maximum absolute atomic E-state index is 13.2. The van der Waals surface area contributed by atoms with Crippen molar-refractivity contribution in [1.82, 2.24) is 5.32 Å². The minimum absolute atomic E-state index is 0.0438. The van der Waals surface area contributed by atoms with Crippen LogP contribution in [0.5, 0.6) is 11.5 Å². The molecule has 2 N–H and O–H groups in total. The summed E-state index contributed by atoms with van der Waals surface area (Å²) < 4.78 is 11.2. The van der Waals surface area contributed by atoms with Gasteiger partial charge in [0.25, 0.3) is 11.8 Å². The van der Waals surface area contributed by atoms with E-state index in [1.54, 1.807) is 54.6 Å². The van der Waals surface area contributed by atoms with Crippen molar-refractivity contribution in [3.05, 3.63) is 94.0 Å². The summed E-state index contributed by atoms with van der Waals surface area (Å²) in [5.41, 5.74) is 1.65. The van der Waals surface area contributed by atoms with Crippen LogP contribution in [0.25, 0.3) is 6.08 Å². The normalized spacial score (nSPS) is 14.6. The summed E-state index contributed by atoms with van der Waals surface area (Å²) in [5, 5.41) is 12.1. The smallest absolute Gasteiger partial charge is 0.335 e. The summed E-state index contributed by atoms with van der Waals surface area (Å²) in [7, 11) is 1.46. The van der Waals surface area contributed by atoms with Crippen LogP contribution in [-0.4, -0.2) is 35.1 Å². The van der Waals surface area contributed by atoms with Crippen LogP contribution >= 0.6 is 23.8 Å². The predicted octanol–water partition coefficient (Wildman–Crippen LogP) is 4.46. The largest absolute Gasteiger partial charge is 0.493 e. The SMILES string of the molecule is COc1cc(/C=C2\C(=O)NC(=S)N(c3cccc(Cl)c3)C2=O)ccc1OCc1cccc(C(=O)O)c1. The van der Waals surface area contributed by atoms with E-state index in [2.05, 4.69) is 5.32 Å². The highest BCUT2D eigenvalue weighted by Crippen LogP contribution is 2.31. The number of methoxy groups -OCH3 is 1. The third kappa shape index (κ3) is 5.37. The van der Waals surface area contributed by atoms with Crippen LogP contribution in [0.15, 0.2) is 72.3 Å². The average molecular weight is 523 g/mol. The molecule has 0 atom stereocenters. The van der Waals surface area contributed by atoms with E-state index in [0.29, 0.717) is 33.3 Å². The lowest BCUT2D eigenvalue weighted by Crippen LogP contribution is -2.54. The summed E-state index contributed by atoms with van der Waals surface area (Å²) in [6.07, 6.45) is 1.43. The van der Waals surface area contributed by atoms with Crippen LogP contribution in [0.4, 0.5) is 5.69 Å². The van der Waals surface area contributed by atoms with Gasteiger partial charge in [0.1, 0.15) is 12.2 Å². The van der Waals surface area contributed by atoms with Crippen molar-refractivity contribution < 1.29 is 29.0 Å². The lowest BCUT2D eigenvalue weighted by Gasteiger charge is -2.29. The molecule has 1 fully saturated rings. The molecule has 1 aliphatic rings. The van der Waals surface area contributed by atoms with E-state index in [4.69, 9.17) is 38.4 Å². The zero-order valence-electron chi connectivity index (χ0n) is 18.9. The number of carbonyl (C=O) groups is 3. The molecule has 182 valence electrons. The minimum Gasteiger partial charge on any atom is -0.493 e. The van der Waals surface area contributed by atoms with Gasteiger partial charge in [-0.25, -0.2) is 4.79 Å². The summed E-state index contributed by atoms with van der Waals surface area (Å²) in [5.74, 6) is -1.47. The zero-order chi connectivity index (χ0) is 25.8. The van der Waals surface area contributed by atoms with Gasteiger partial charge in [-0.3, -0.25) is 19.8 Å². The Bertz CT molecular complexity index is 1420. The van der Waals surface area contributed by atoms with Crippen molar-refractivity contribution in [3.8, 4) is 11.5 Å². The molecule has 8 nitrogen and oxygen atoms in total. The third-order valence-corrected chi connectivity index (χ3v) is 5.75. The van der Waals surface area contributed by atoms with Crippen molar-refractivity contribution in [2.24, 2.45) is 0 Å². The van der Waals surface area contributed by atoms with Crippen molar-refractivity contribution in [1.29, 1.82) is 0 Å². The lowest BCUT2D eigenvalue weighted by atomic mass is 10.1. The summed E-state index contributed by atoms with van der Waals surface area (Å²) in [6, 6.07) is 17.9. The van der Waals surface area contributed by atoms with Crippen LogP contribution in [-0.2, 0) is 16.2 Å². The first kappa shape index (κ1) is 24.9. The van der Waals surface area contributed by atoms with Crippen LogP contribution < -0.4 is 19.7 Å².